The van der Waals surface area contributed by atoms with Gasteiger partial charge in [-0.15, -0.1) is 0 Å². The lowest BCUT2D eigenvalue weighted by Gasteiger charge is -2.30. The molecule has 0 saturated carbocycles. The van der Waals surface area contributed by atoms with E-state index < -0.39 is 0 Å². The van der Waals surface area contributed by atoms with Gasteiger partial charge in [0.05, 0.1) is 5.69 Å². The number of aromatic nitrogens is 2. The molecule has 0 N–H and O–H groups in total. The lowest BCUT2D eigenvalue weighted by molar-refractivity contribution is 0.573. The minimum Gasteiger partial charge on any atom is -0.370 e. The van der Waals surface area contributed by atoms with Gasteiger partial charge in [0.15, 0.2) is 0 Å². The molecule has 21 heavy (non-hydrogen) atoms. The Hall–Kier alpha value is -1.84. The number of anilines is 1. The number of hydrogen-bond acceptors (Lipinski definition) is 3. The van der Waals surface area contributed by atoms with E-state index in [-0.39, 0.29) is 5.56 Å². The molecule has 0 bridgehead atoms. The van der Waals surface area contributed by atoms with Crippen LogP contribution in [0.15, 0.2) is 29.1 Å². The lowest BCUT2D eigenvalue weighted by Crippen LogP contribution is -2.33. The summed E-state index contributed by atoms with van der Waals surface area (Å²) in [7, 11) is 1.71. The fourth-order valence-corrected chi connectivity index (χ4v) is 2.75. The summed E-state index contributed by atoms with van der Waals surface area (Å²) in [6.07, 6.45) is 10.9. The third kappa shape index (κ3) is 3.63. The van der Waals surface area contributed by atoms with E-state index >= 15 is 0 Å². The average Bonchev–Trinajstić information content (AvgIpc) is 2.50. The zero-order valence-corrected chi connectivity index (χ0v) is 13.3. The largest absolute Gasteiger partial charge is 0.370 e. The van der Waals surface area contributed by atoms with Crippen LogP contribution in [0.25, 0.3) is 5.57 Å². The number of allylic oxidation sites excluding steroid dienone is 4. The number of rotatable bonds is 4. The number of hydrogen-bond donors (Lipinski definition) is 0. The molecule has 0 spiro atoms. The van der Waals surface area contributed by atoms with Crippen molar-refractivity contribution in [2.45, 2.75) is 39.5 Å². The van der Waals surface area contributed by atoms with Crippen molar-refractivity contribution in [3.05, 3.63) is 40.3 Å². The minimum absolute atomic E-state index is 0.0457. The first kappa shape index (κ1) is 15.5. The Bertz CT molecular complexity index is 593. The molecule has 1 aliphatic heterocycles. The molecule has 1 aromatic rings. The maximum atomic E-state index is 12.0. The van der Waals surface area contributed by atoms with Gasteiger partial charge in [0, 0.05) is 26.2 Å². The van der Waals surface area contributed by atoms with E-state index in [9.17, 15) is 4.79 Å². The highest BCUT2D eigenvalue weighted by Gasteiger charge is 2.18. The van der Waals surface area contributed by atoms with Gasteiger partial charge < -0.3 is 4.90 Å². The predicted octanol–water partition coefficient (Wildman–Crippen LogP) is 3.14. The van der Waals surface area contributed by atoms with E-state index in [1.807, 2.05) is 13.0 Å². The van der Waals surface area contributed by atoms with E-state index in [4.69, 9.17) is 0 Å². The summed E-state index contributed by atoms with van der Waals surface area (Å²) >= 11 is 0. The van der Waals surface area contributed by atoms with Crippen molar-refractivity contribution >= 4 is 11.3 Å². The van der Waals surface area contributed by atoms with Crippen LogP contribution in [0.4, 0.5) is 5.69 Å². The molecular formula is C17H25N3O. The van der Waals surface area contributed by atoms with E-state index in [1.165, 1.54) is 23.9 Å². The molecule has 0 aromatic carbocycles. The quantitative estimate of drug-likeness (QED) is 0.799. The standard InChI is InChI=1S/C17H25N3O/c1-4-9-14(10-5-2)17-15(13-16(21)19(3)18-17)20-11-7-6-8-12-20/h4,9-10,13H,5-8,11-12H2,1-3H3/b9-4-,14-10+. The topological polar surface area (TPSA) is 38.1 Å². The highest BCUT2D eigenvalue weighted by Crippen LogP contribution is 2.27. The van der Waals surface area contributed by atoms with Crippen molar-refractivity contribution in [3.63, 3.8) is 0 Å². The van der Waals surface area contributed by atoms with Crippen LogP contribution in [0, 0.1) is 0 Å². The van der Waals surface area contributed by atoms with Crippen molar-refractivity contribution in [3.8, 4) is 0 Å². The molecule has 0 unspecified atom stereocenters. The second-order valence-electron chi connectivity index (χ2n) is 5.46. The first-order valence-electron chi connectivity index (χ1n) is 7.84. The molecule has 4 heteroatoms. The van der Waals surface area contributed by atoms with E-state index in [0.717, 1.165) is 36.5 Å². The van der Waals surface area contributed by atoms with Crippen LogP contribution < -0.4 is 10.5 Å². The Labute approximate surface area is 126 Å². The van der Waals surface area contributed by atoms with E-state index in [0.29, 0.717) is 0 Å². The fraction of sp³-hybridized carbons (Fsp3) is 0.529. The molecule has 2 rings (SSSR count). The molecule has 1 fully saturated rings. The Morgan fingerprint density at radius 1 is 1.33 bits per heavy atom. The van der Waals surface area contributed by atoms with E-state index in [2.05, 4.69) is 29.1 Å². The first-order valence-corrected chi connectivity index (χ1v) is 7.84. The number of piperidine rings is 1. The smallest absolute Gasteiger partial charge is 0.268 e. The molecule has 1 saturated heterocycles. The maximum Gasteiger partial charge on any atom is 0.268 e. The highest BCUT2D eigenvalue weighted by molar-refractivity contribution is 5.79. The molecule has 1 aliphatic rings. The van der Waals surface area contributed by atoms with Crippen LogP contribution in [-0.4, -0.2) is 22.9 Å². The summed E-state index contributed by atoms with van der Waals surface area (Å²) in [5, 5.41) is 4.53. The third-order valence-electron chi connectivity index (χ3n) is 3.81. The first-order chi connectivity index (χ1) is 10.2. The summed E-state index contributed by atoms with van der Waals surface area (Å²) < 4.78 is 1.43. The zero-order chi connectivity index (χ0) is 15.2. The monoisotopic (exact) mass is 287 g/mol. The molecule has 1 aromatic heterocycles. The molecule has 4 nitrogen and oxygen atoms in total. The maximum absolute atomic E-state index is 12.0. The summed E-state index contributed by atoms with van der Waals surface area (Å²) in [5.74, 6) is 0. The van der Waals surface area contributed by atoms with Crippen molar-refractivity contribution < 1.29 is 0 Å². The zero-order valence-electron chi connectivity index (χ0n) is 13.3. The van der Waals surface area contributed by atoms with Gasteiger partial charge in [0.25, 0.3) is 5.56 Å². The summed E-state index contributed by atoms with van der Waals surface area (Å²) in [6.45, 7) is 6.15. The van der Waals surface area contributed by atoms with Crippen molar-refractivity contribution in [2.24, 2.45) is 7.05 Å². The Morgan fingerprint density at radius 3 is 2.67 bits per heavy atom. The van der Waals surface area contributed by atoms with Crippen LogP contribution in [0.5, 0.6) is 0 Å². The van der Waals surface area contributed by atoms with Gasteiger partial charge in [-0.1, -0.05) is 25.2 Å². The molecule has 0 atom stereocenters. The van der Waals surface area contributed by atoms with Crippen molar-refractivity contribution in [2.75, 3.05) is 18.0 Å². The van der Waals surface area contributed by atoms with Crippen LogP contribution in [-0.2, 0) is 7.05 Å². The average molecular weight is 287 g/mol. The SMILES string of the molecule is C/C=C\C(=C/CC)c1nn(C)c(=O)cc1N1CCCCC1. The Morgan fingerprint density at radius 2 is 2.05 bits per heavy atom. The number of nitrogens with zero attached hydrogens (tertiary/aromatic N) is 3. The summed E-state index contributed by atoms with van der Waals surface area (Å²) in [6, 6.07) is 1.74. The third-order valence-corrected chi connectivity index (χ3v) is 3.81. The lowest BCUT2D eigenvalue weighted by atomic mass is 10.1. The van der Waals surface area contributed by atoms with Crippen LogP contribution in [0.1, 0.15) is 45.2 Å². The van der Waals surface area contributed by atoms with Gasteiger partial charge in [0.2, 0.25) is 0 Å². The van der Waals surface area contributed by atoms with Gasteiger partial charge in [-0.3, -0.25) is 4.79 Å². The molecular weight excluding hydrogens is 262 g/mol. The molecule has 0 radical (unpaired) electrons. The normalized spacial score (nSPS) is 16.7. The second-order valence-corrected chi connectivity index (χ2v) is 5.46. The fourth-order valence-electron chi connectivity index (χ4n) is 2.75. The molecule has 114 valence electrons. The Kier molecular flexibility index (Phi) is 5.37. The van der Waals surface area contributed by atoms with Gasteiger partial charge >= 0.3 is 0 Å². The van der Waals surface area contributed by atoms with Gasteiger partial charge in [-0.05, 0) is 38.2 Å². The van der Waals surface area contributed by atoms with Crippen LogP contribution in [0.2, 0.25) is 0 Å². The highest BCUT2D eigenvalue weighted by atomic mass is 16.1. The number of aryl methyl sites for hydroxylation is 1. The molecule has 2 heterocycles. The minimum atomic E-state index is -0.0457. The van der Waals surface area contributed by atoms with Gasteiger partial charge in [-0.25, -0.2) is 4.68 Å². The summed E-state index contributed by atoms with van der Waals surface area (Å²) in [4.78, 5) is 14.3. The van der Waals surface area contributed by atoms with Crippen molar-refractivity contribution in [1.82, 2.24) is 9.78 Å². The van der Waals surface area contributed by atoms with Crippen LogP contribution >= 0.6 is 0 Å². The molecule has 0 aliphatic carbocycles. The Balaban J connectivity index is 2.54. The van der Waals surface area contributed by atoms with Gasteiger partial charge in [-0.2, -0.15) is 5.10 Å². The second kappa shape index (κ2) is 7.25. The molecule has 0 amide bonds. The summed E-state index contributed by atoms with van der Waals surface area (Å²) in [5.41, 5.74) is 2.95. The van der Waals surface area contributed by atoms with Crippen molar-refractivity contribution in [1.29, 1.82) is 0 Å². The van der Waals surface area contributed by atoms with E-state index in [1.54, 1.807) is 13.1 Å². The van der Waals surface area contributed by atoms with Crippen LogP contribution in [0.3, 0.4) is 0 Å². The predicted molar refractivity (Wildman–Crippen MR) is 88.6 cm³/mol. The van der Waals surface area contributed by atoms with Gasteiger partial charge in [0.1, 0.15) is 5.69 Å².